The van der Waals surface area contributed by atoms with Gasteiger partial charge in [-0.2, -0.15) is 0 Å². The third-order valence-corrected chi connectivity index (χ3v) is 8.11. The molecule has 3 aromatic rings. The number of hydrogen-bond donors (Lipinski definition) is 1. The molecule has 42 heavy (non-hydrogen) atoms. The lowest BCUT2D eigenvalue weighted by Crippen LogP contribution is -2.61. The van der Waals surface area contributed by atoms with Gasteiger partial charge in [-0.15, -0.1) is 0 Å². The first-order valence-electron chi connectivity index (χ1n) is 13.8. The Morgan fingerprint density at radius 1 is 1.00 bits per heavy atom. The summed E-state index contributed by atoms with van der Waals surface area (Å²) in [5.74, 6) is -0.609. The maximum absolute atomic E-state index is 14.2. The van der Waals surface area contributed by atoms with Crippen LogP contribution < -0.4 is 14.5 Å². The molecule has 1 saturated heterocycles. The van der Waals surface area contributed by atoms with Crippen LogP contribution in [0.5, 0.6) is 5.88 Å². The number of hydrogen-bond acceptors (Lipinski definition) is 7. The lowest BCUT2D eigenvalue weighted by molar-refractivity contribution is 0.0502. The molecule has 0 atom stereocenters. The second-order valence-corrected chi connectivity index (χ2v) is 12.6. The number of nitrogens with zero attached hydrogens (tertiary/aromatic N) is 5. The van der Waals surface area contributed by atoms with E-state index in [1.807, 2.05) is 43.6 Å². The highest BCUT2D eigenvalue weighted by atomic mass is 35.5. The summed E-state index contributed by atoms with van der Waals surface area (Å²) in [7, 11) is 0. The fourth-order valence-corrected chi connectivity index (χ4v) is 5.96. The molecule has 0 radical (unpaired) electrons. The van der Waals surface area contributed by atoms with Crippen molar-refractivity contribution in [2.45, 2.75) is 59.2 Å². The normalized spacial score (nSPS) is 17.8. The molecule has 5 rings (SSSR count). The molecule has 2 aromatic heterocycles. The van der Waals surface area contributed by atoms with Gasteiger partial charge in [-0.3, -0.25) is 4.79 Å². The first-order valence-corrected chi connectivity index (χ1v) is 14.2. The third kappa shape index (κ3) is 5.72. The maximum atomic E-state index is 14.2. The number of ether oxygens (including phenoxy) is 1. The molecule has 1 aromatic carbocycles. The molecule has 0 aliphatic carbocycles. The molecule has 0 spiro atoms. The van der Waals surface area contributed by atoms with Crippen molar-refractivity contribution >= 4 is 35.0 Å². The number of carboxylic acid groups (broad SMARTS) is 1. The van der Waals surface area contributed by atoms with Gasteiger partial charge < -0.3 is 24.5 Å². The zero-order valence-electron chi connectivity index (χ0n) is 24.7. The predicted molar refractivity (Wildman–Crippen MR) is 159 cm³/mol. The average Bonchev–Trinajstić information content (AvgIpc) is 3.02. The van der Waals surface area contributed by atoms with Crippen LogP contribution in [0.3, 0.4) is 0 Å². The van der Waals surface area contributed by atoms with Gasteiger partial charge in [0.05, 0.1) is 28.4 Å². The lowest BCUT2D eigenvalue weighted by atomic mass is 9.97. The number of fused-ring (bicyclic) bond motifs is 1. The molecule has 0 saturated carbocycles. The highest BCUT2D eigenvalue weighted by Gasteiger charge is 2.39. The smallest absolute Gasteiger partial charge is 0.337 e. The molecule has 0 bridgehead atoms. The number of aromatic carboxylic acids is 1. The number of aryl methyl sites for hydroxylation is 2. The number of carbonyl (C=O) groups is 2. The van der Waals surface area contributed by atoms with E-state index < -0.39 is 22.9 Å². The fraction of sp³-hybridized carbons (Fsp3) is 0.419. The van der Waals surface area contributed by atoms with Crippen molar-refractivity contribution in [2.24, 2.45) is 0 Å². The number of piperazine rings is 1. The summed E-state index contributed by atoms with van der Waals surface area (Å²) in [5, 5.41) is 9.57. The van der Waals surface area contributed by atoms with E-state index in [2.05, 4.69) is 14.9 Å². The molecule has 0 unspecified atom stereocenters. The van der Waals surface area contributed by atoms with Crippen LogP contribution in [0.1, 0.15) is 65.4 Å². The van der Waals surface area contributed by atoms with Crippen LogP contribution in [0.4, 0.5) is 15.9 Å². The summed E-state index contributed by atoms with van der Waals surface area (Å²) < 4.78 is 20.5. The van der Waals surface area contributed by atoms with E-state index in [1.165, 1.54) is 12.1 Å². The van der Waals surface area contributed by atoms with Crippen LogP contribution in [0.15, 0.2) is 36.4 Å². The Kier molecular flexibility index (Phi) is 7.55. The molecule has 1 N–H and O–H groups in total. The van der Waals surface area contributed by atoms with E-state index in [4.69, 9.17) is 16.3 Å². The maximum Gasteiger partial charge on any atom is 0.337 e. The number of pyridine rings is 2. The Morgan fingerprint density at radius 3 is 2.38 bits per heavy atom. The number of anilines is 2. The van der Waals surface area contributed by atoms with Crippen molar-refractivity contribution in [3.05, 3.63) is 75.3 Å². The molecule has 11 heteroatoms. The van der Waals surface area contributed by atoms with Gasteiger partial charge in [0, 0.05) is 37.4 Å². The van der Waals surface area contributed by atoms with E-state index in [9.17, 15) is 19.1 Å². The number of carbonyl (C=O) groups excluding carboxylic acids is 1. The minimum Gasteiger partial charge on any atom is -0.478 e. The average molecular weight is 596 g/mol. The zero-order chi connectivity index (χ0) is 30.6. The van der Waals surface area contributed by atoms with Gasteiger partial charge in [-0.1, -0.05) is 11.6 Å². The van der Waals surface area contributed by atoms with Crippen LogP contribution in [0.25, 0.3) is 0 Å². The SMILES string of the molecule is Cc1cc(N2CCN(C(=O)c3ccc4c(n3)OC(C)(C)CN(c3ccc(Cl)c(F)c3)C4)C(C)(C)C2)nc(C)c1C(=O)O. The highest BCUT2D eigenvalue weighted by Crippen LogP contribution is 2.33. The van der Waals surface area contributed by atoms with Crippen LogP contribution in [-0.4, -0.2) is 69.2 Å². The van der Waals surface area contributed by atoms with Crippen LogP contribution in [-0.2, 0) is 6.54 Å². The Hall–Kier alpha value is -3.92. The second-order valence-electron chi connectivity index (χ2n) is 12.2. The summed E-state index contributed by atoms with van der Waals surface area (Å²) in [6.45, 7) is 13.7. The second kappa shape index (κ2) is 10.7. The third-order valence-electron chi connectivity index (χ3n) is 7.80. The molecule has 1 fully saturated rings. The Labute approximate surface area is 249 Å². The highest BCUT2D eigenvalue weighted by molar-refractivity contribution is 6.30. The Bertz CT molecular complexity index is 1550. The molecule has 222 valence electrons. The first kappa shape index (κ1) is 29.6. The summed E-state index contributed by atoms with van der Waals surface area (Å²) in [6.07, 6.45) is 0. The number of benzene rings is 1. The lowest BCUT2D eigenvalue weighted by Gasteiger charge is -2.47. The molecule has 2 aliphatic heterocycles. The van der Waals surface area contributed by atoms with Gasteiger partial charge >= 0.3 is 5.97 Å². The molecule has 2 aliphatic rings. The molecule has 9 nitrogen and oxygen atoms in total. The fourth-order valence-electron chi connectivity index (χ4n) is 5.84. The number of amides is 1. The van der Waals surface area contributed by atoms with Crippen LogP contribution in [0.2, 0.25) is 5.02 Å². The number of aromatic nitrogens is 2. The standard InChI is InChI=1S/C31H35ClFN5O4/c1-18-13-25(34-19(2)26(18)29(40)41)36-11-12-38(30(3,4)16-36)28(39)24-10-7-20-15-37(17-31(5,6)42-27(20)35-24)21-8-9-22(32)23(33)14-21/h7-10,13-14H,11-12,15-17H2,1-6H3,(H,40,41). The van der Waals surface area contributed by atoms with Gasteiger partial charge in [-0.05, 0) is 83.5 Å². The van der Waals surface area contributed by atoms with E-state index in [1.54, 1.807) is 32.0 Å². The van der Waals surface area contributed by atoms with Crippen molar-refractivity contribution < 1.29 is 23.8 Å². The van der Waals surface area contributed by atoms with Crippen LogP contribution in [0, 0.1) is 19.7 Å². The summed E-state index contributed by atoms with van der Waals surface area (Å²) in [4.78, 5) is 40.6. The number of carboxylic acids is 1. The number of halogens is 2. The van der Waals surface area contributed by atoms with Gasteiger partial charge in [0.15, 0.2) is 0 Å². The summed E-state index contributed by atoms with van der Waals surface area (Å²) in [6, 6.07) is 10.1. The van der Waals surface area contributed by atoms with Crippen molar-refractivity contribution in [3.63, 3.8) is 0 Å². The molecule has 1 amide bonds. The van der Waals surface area contributed by atoms with E-state index in [0.717, 1.165) is 5.56 Å². The first-order chi connectivity index (χ1) is 19.6. The Morgan fingerprint density at radius 2 is 1.74 bits per heavy atom. The van der Waals surface area contributed by atoms with E-state index in [0.29, 0.717) is 61.4 Å². The minimum absolute atomic E-state index is 0.0654. The van der Waals surface area contributed by atoms with Crippen molar-refractivity contribution in [3.8, 4) is 5.88 Å². The summed E-state index contributed by atoms with van der Waals surface area (Å²) >= 11 is 5.90. The molecular formula is C31H35ClFN5O4. The van der Waals surface area contributed by atoms with Crippen molar-refractivity contribution in [2.75, 3.05) is 36.0 Å². The topological polar surface area (TPSA) is 99.1 Å². The van der Waals surface area contributed by atoms with Gasteiger partial charge in [0.2, 0.25) is 5.88 Å². The Balaban J connectivity index is 1.37. The monoisotopic (exact) mass is 595 g/mol. The van der Waals surface area contributed by atoms with E-state index in [-0.39, 0.29) is 22.2 Å². The van der Waals surface area contributed by atoms with Crippen LogP contribution >= 0.6 is 11.6 Å². The van der Waals surface area contributed by atoms with Gasteiger partial charge in [-0.25, -0.2) is 19.2 Å². The largest absolute Gasteiger partial charge is 0.478 e. The quantitative estimate of drug-likeness (QED) is 0.422. The predicted octanol–water partition coefficient (Wildman–Crippen LogP) is 5.50. The molecule has 4 heterocycles. The number of rotatable bonds is 4. The summed E-state index contributed by atoms with van der Waals surface area (Å²) in [5.41, 5.74) is 1.86. The van der Waals surface area contributed by atoms with Crippen molar-refractivity contribution in [1.82, 2.24) is 14.9 Å². The minimum atomic E-state index is -0.994. The molecular weight excluding hydrogens is 561 g/mol. The van der Waals surface area contributed by atoms with E-state index >= 15 is 0 Å². The van der Waals surface area contributed by atoms with Gasteiger partial charge in [0.1, 0.15) is 22.9 Å². The van der Waals surface area contributed by atoms with Gasteiger partial charge in [0.25, 0.3) is 5.91 Å². The zero-order valence-corrected chi connectivity index (χ0v) is 25.4. The van der Waals surface area contributed by atoms with Crippen molar-refractivity contribution in [1.29, 1.82) is 0 Å².